The van der Waals surface area contributed by atoms with Gasteiger partial charge in [-0.25, -0.2) is 9.78 Å². The number of carbonyl (C=O) groups excluding carboxylic acids is 1. The van der Waals surface area contributed by atoms with Gasteiger partial charge < -0.3 is 19.9 Å². The molecule has 2 aliphatic heterocycles. The van der Waals surface area contributed by atoms with E-state index in [4.69, 9.17) is 29.2 Å². The Morgan fingerprint density at radius 2 is 1.97 bits per heavy atom. The summed E-state index contributed by atoms with van der Waals surface area (Å²) >= 11 is 10.6. The minimum Gasteiger partial charge on any atom is -0.442 e. The molecule has 4 heterocycles. The van der Waals surface area contributed by atoms with Gasteiger partial charge in [0.2, 0.25) is 0 Å². The number of ether oxygens (including phenoxy) is 1. The Hall–Kier alpha value is -2.92. The summed E-state index contributed by atoms with van der Waals surface area (Å²) in [6.45, 7) is 5.93. The van der Waals surface area contributed by atoms with Gasteiger partial charge in [-0.05, 0) is 19.1 Å². The third-order valence-electron chi connectivity index (χ3n) is 5.17. The van der Waals surface area contributed by atoms with Gasteiger partial charge in [-0.3, -0.25) is 14.9 Å². The van der Waals surface area contributed by atoms with E-state index in [1.54, 1.807) is 36.6 Å². The summed E-state index contributed by atoms with van der Waals surface area (Å²) in [7, 11) is 0. The Morgan fingerprint density at radius 3 is 2.61 bits per heavy atom. The van der Waals surface area contributed by atoms with Crippen LogP contribution in [0.25, 0.3) is 0 Å². The Labute approximate surface area is 191 Å². The van der Waals surface area contributed by atoms with E-state index >= 15 is 0 Å². The average Bonchev–Trinajstić information content (AvgIpc) is 3.18. The molecule has 2 aromatic heterocycles. The molecule has 1 amide bonds. The highest BCUT2D eigenvalue weighted by atomic mass is 32.1. The van der Waals surface area contributed by atoms with Crippen LogP contribution in [-0.2, 0) is 4.74 Å². The van der Waals surface area contributed by atoms with E-state index in [0.29, 0.717) is 18.1 Å². The van der Waals surface area contributed by atoms with Crippen molar-refractivity contribution in [3.63, 3.8) is 0 Å². The first-order valence-corrected chi connectivity index (χ1v) is 10.8. The second-order valence-corrected chi connectivity index (χ2v) is 8.30. The number of pyridine rings is 1. The molecule has 1 atom stereocenters. The third kappa shape index (κ3) is 5.05. The van der Waals surface area contributed by atoms with Gasteiger partial charge in [0.15, 0.2) is 0 Å². The van der Waals surface area contributed by atoms with Crippen LogP contribution in [0.15, 0.2) is 36.9 Å². The van der Waals surface area contributed by atoms with Gasteiger partial charge in [0.05, 0.1) is 36.2 Å². The summed E-state index contributed by atoms with van der Waals surface area (Å²) < 4.78 is 5.40. The van der Waals surface area contributed by atoms with Crippen LogP contribution < -0.4 is 15.1 Å². The van der Waals surface area contributed by atoms with E-state index in [1.807, 2.05) is 12.1 Å². The van der Waals surface area contributed by atoms with Crippen LogP contribution in [0.3, 0.4) is 0 Å². The lowest BCUT2D eigenvalue weighted by Crippen LogP contribution is -2.48. The van der Waals surface area contributed by atoms with E-state index < -0.39 is 0 Å². The second kappa shape index (κ2) is 9.48. The number of carbonyl (C=O) groups is 1. The highest BCUT2D eigenvalue weighted by Gasteiger charge is 2.32. The van der Waals surface area contributed by atoms with Crippen molar-refractivity contribution in [3.8, 4) is 0 Å². The normalized spacial score (nSPS) is 18.7. The Kier molecular flexibility index (Phi) is 6.52. The maximum Gasteiger partial charge on any atom is 0.414 e. The number of thiocarbonyl (C=S) groups is 2. The summed E-state index contributed by atoms with van der Waals surface area (Å²) in [5.74, 6) is 0.871. The van der Waals surface area contributed by atoms with Crippen LogP contribution in [0.5, 0.6) is 0 Å². The summed E-state index contributed by atoms with van der Waals surface area (Å²) in [6, 6.07) is 3.84. The largest absolute Gasteiger partial charge is 0.442 e. The minimum atomic E-state index is -0.366. The second-order valence-electron chi connectivity index (χ2n) is 7.30. The standard InChI is InChI=1S/C20H23N7O2S2/c1-14(30)23-11-16-13-27(20(28)29-16)15-2-3-18(24-10-15)25-6-8-26(9-7-25)19(31)17-12-21-4-5-22-17/h2-5,10,12,16H,6-9,11,13H2,1H3,(H,23,30)/t16-/m0/s1. The van der Waals surface area contributed by atoms with E-state index in [1.165, 1.54) is 0 Å². The van der Waals surface area contributed by atoms with E-state index in [2.05, 4.69) is 30.1 Å². The summed E-state index contributed by atoms with van der Waals surface area (Å²) in [5, 5.41) is 3.04. The van der Waals surface area contributed by atoms with Gasteiger partial charge in [-0.15, -0.1) is 0 Å². The summed E-state index contributed by atoms with van der Waals surface area (Å²) in [4.78, 5) is 32.5. The van der Waals surface area contributed by atoms with E-state index in [0.717, 1.165) is 48.4 Å². The zero-order valence-electron chi connectivity index (χ0n) is 17.1. The van der Waals surface area contributed by atoms with Crippen molar-refractivity contribution in [1.82, 2.24) is 25.2 Å². The molecule has 0 unspecified atom stereocenters. The van der Waals surface area contributed by atoms with Crippen LogP contribution in [0, 0.1) is 0 Å². The average molecular weight is 458 g/mol. The Bertz CT molecular complexity index is 950. The van der Waals surface area contributed by atoms with Gasteiger partial charge >= 0.3 is 6.09 Å². The minimum absolute atomic E-state index is 0.240. The molecule has 0 bridgehead atoms. The number of hydrogen-bond acceptors (Lipinski definition) is 8. The predicted octanol–water partition coefficient (Wildman–Crippen LogP) is 1.63. The van der Waals surface area contributed by atoms with Gasteiger partial charge in [0.25, 0.3) is 0 Å². The van der Waals surface area contributed by atoms with Crippen molar-refractivity contribution in [2.24, 2.45) is 0 Å². The molecule has 1 N–H and O–H groups in total. The topological polar surface area (TPSA) is 86.7 Å². The van der Waals surface area contributed by atoms with Crippen molar-refractivity contribution in [3.05, 3.63) is 42.6 Å². The number of hydrogen-bond donors (Lipinski definition) is 1. The van der Waals surface area contributed by atoms with Crippen molar-refractivity contribution in [2.45, 2.75) is 13.0 Å². The molecule has 2 aliphatic rings. The molecular formula is C20H23N7O2S2. The fourth-order valence-electron chi connectivity index (χ4n) is 3.53. The zero-order chi connectivity index (χ0) is 21.8. The Balaban J connectivity index is 1.32. The smallest absolute Gasteiger partial charge is 0.414 e. The zero-order valence-corrected chi connectivity index (χ0v) is 18.7. The van der Waals surface area contributed by atoms with Gasteiger partial charge in [-0.1, -0.05) is 24.4 Å². The SMILES string of the molecule is CC(=S)NC[C@H]1CN(c2ccc(N3CCN(C(=S)c4cnccn4)CC3)nc2)C(=O)O1. The van der Waals surface area contributed by atoms with Crippen LogP contribution in [0.4, 0.5) is 16.3 Å². The molecule has 2 saturated heterocycles. The first-order valence-electron chi connectivity index (χ1n) is 10.00. The molecule has 2 aromatic rings. The monoisotopic (exact) mass is 457 g/mol. The molecular weight excluding hydrogens is 434 g/mol. The molecule has 0 aromatic carbocycles. The van der Waals surface area contributed by atoms with Crippen molar-refractivity contribution in [2.75, 3.05) is 49.1 Å². The fraction of sp³-hybridized carbons (Fsp3) is 0.400. The van der Waals surface area contributed by atoms with Crippen molar-refractivity contribution < 1.29 is 9.53 Å². The number of piperazine rings is 1. The van der Waals surface area contributed by atoms with Gasteiger partial charge in [-0.2, -0.15) is 0 Å². The van der Waals surface area contributed by atoms with Crippen LogP contribution in [-0.4, -0.2) is 81.3 Å². The highest BCUT2D eigenvalue weighted by Crippen LogP contribution is 2.23. The van der Waals surface area contributed by atoms with Crippen LogP contribution >= 0.6 is 24.4 Å². The maximum absolute atomic E-state index is 12.2. The number of rotatable bonds is 5. The quantitative estimate of drug-likeness (QED) is 0.669. The number of amides is 1. The molecule has 0 radical (unpaired) electrons. The van der Waals surface area contributed by atoms with Crippen LogP contribution in [0.1, 0.15) is 12.6 Å². The molecule has 11 heteroatoms. The lowest BCUT2D eigenvalue weighted by Gasteiger charge is -2.36. The van der Waals surface area contributed by atoms with Gasteiger partial charge in [0.1, 0.15) is 22.6 Å². The molecule has 0 aliphatic carbocycles. The van der Waals surface area contributed by atoms with Crippen molar-refractivity contribution in [1.29, 1.82) is 0 Å². The number of anilines is 2. The van der Waals surface area contributed by atoms with Gasteiger partial charge in [0, 0.05) is 38.6 Å². The summed E-state index contributed by atoms with van der Waals surface area (Å²) in [5.41, 5.74) is 1.44. The molecule has 2 fully saturated rings. The Morgan fingerprint density at radius 1 is 1.16 bits per heavy atom. The lowest BCUT2D eigenvalue weighted by atomic mass is 10.2. The lowest BCUT2D eigenvalue weighted by molar-refractivity contribution is 0.143. The fourth-order valence-corrected chi connectivity index (χ4v) is 3.90. The molecule has 31 heavy (non-hydrogen) atoms. The molecule has 162 valence electrons. The van der Waals surface area contributed by atoms with Crippen LogP contribution in [0.2, 0.25) is 0 Å². The molecule has 9 nitrogen and oxygen atoms in total. The molecule has 0 spiro atoms. The number of nitrogens with one attached hydrogen (secondary N) is 1. The molecule has 0 saturated carbocycles. The number of aromatic nitrogens is 3. The third-order valence-corrected chi connectivity index (χ3v) is 5.78. The highest BCUT2D eigenvalue weighted by molar-refractivity contribution is 7.80. The first kappa shape index (κ1) is 21.3. The van der Waals surface area contributed by atoms with E-state index in [-0.39, 0.29) is 12.2 Å². The predicted molar refractivity (Wildman–Crippen MR) is 126 cm³/mol. The van der Waals surface area contributed by atoms with Crippen molar-refractivity contribution >= 4 is 52.0 Å². The number of cyclic esters (lactones) is 1. The van der Waals surface area contributed by atoms with E-state index in [9.17, 15) is 4.79 Å². The molecule has 4 rings (SSSR count). The maximum atomic E-state index is 12.2. The summed E-state index contributed by atoms with van der Waals surface area (Å²) in [6.07, 6.45) is 6.09. The number of nitrogens with zero attached hydrogens (tertiary/aromatic N) is 6. The first-order chi connectivity index (χ1) is 15.0.